The fourth-order valence-electron chi connectivity index (χ4n) is 6.47. The molecule has 0 bridgehead atoms. The van der Waals surface area contributed by atoms with Gasteiger partial charge in [-0.3, -0.25) is 4.79 Å². The van der Waals surface area contributed by atoms with Crippen molar-refractivity contribution >= 4 is 51.5 Å². The van der Waals surface area contributed by atoms with Gasteiger partial charge in [-0.2, -0.15) is 0 Å². The molecule has 6 aromatic rings. The van der Waals surface area contributed by atoms with Crippen molar-refractivity contribution in [3.63, 3.8) is 0 Å². The number of ether oxygens (including phenoxy) is 1. The number of amides is 1. The molecule has 0 fully saturated rings. The van der Waals surface area contributed by atoms with E-state index in [4.69, 9.17) is 17.0 Å². The van der Waals surface area contributed by atoms with E-state index in [-0.39, 0.29) is 18.3 Å². The molecule has 0 spiro atoms. The fraction of sp³-hybridized carbons (Fsp3) is 0.333. The largest absolute Gasteiger partial charge is 0.494 e. The summed E-state index contributed by atoms with van der Waals surface area (Å²) in [5.74, 6) is -0.179. The highest BCUT2D eigenvalue weighted by molar-refractivity contribution is 7.81. The Morgan fingerprint density at radius 1 is 0.842 bits per heavy atom. The number of hydrogen-bond acceptors (Lipinski definition) is 8. The Bertz CT molecular complexity index is 2260. The molecule has 0 radical (unpaired) electrons. The molecule has 10 nitrogen and oxygen atoms in total. The van der Waals surface area contributed by atoms with Crippen LogP contribution in [0, 0.1) is 0 Å². The minimum Gasteiger partial charge on any atom is -0.494 e. The standard InChI is InChI=1S/C45H50N6O4S2/c1-5-6-7-8-9-23-55-34-18-16-30(17-19-34)33-27-47-40(48-28-33)31-14-12-29(13-15-31)24-36(51-43(56)38-20-21-39(57-38)45(2,3)4)42(52)50-37(44(53)54)25-32-26-49-41-35(32)11-10-22-46-41/h10-22,26-28,36-37H,5-9,23-25H2,1-4H3,(H,46,49)(H,50,52)(H,51,56)(H,53,54). The van der Waals surface area contributed by atoms with Gasteiger partial charge >= 0.3 is 5.97 Å². The number of benzene rings is 2. The molecule has 2 aromatic carbocycles. The van der Waals surface area contributed by atoms with Gasteiger partial charge < -0.3 is 25.5 Å². The van der Waals surface area contributed by atoms with Crippen LogP contribution in [0.5, 0.6) is 5.75 Å². The Morgan fingerprint density at radius 3 is 2.25 bits per heavy atom. The SMILES string of the molecule is CCCCCCCOc1ccc(-c2cnc(-c3ccc(CC(NC(=S)c4ccc(C(C)(C)C)s4)C(=O)NC(Cc4c[nH]c5ncccc45)C(=O)O)cc3)nc2)cc1. The van der Waals surface area contributed by atoms with Crippen molar-refractivity contribution in [3.8, 4) is 28.3 Å². The number of aliphatic carboxylic acids is 1. The van der Waals surface area contributed by atoms with E-state index in [1.807, 2.05) is 73.1 Å². The van der Waals surface area contributed by atoms with Crippen LogP contribution >= 0.6 is 23.6 Å². The van der Waals surface area contributed by atoms with Crippen molar-refractivity contribution in [2.45, 2.75) is 90.1 Å². The van der Waals surface area contributed by atoms with E-state index in [0.29, 0.717) is 16.5 Å². The minimum atomic E-state index is -1.18. The fourth-order valence-corrected chi connectivity index (χ4v) is 7.77. The number of thiophene rings is 1. The van der Waals surface area contributed by atoms with E-state index in [2.05, 4.69) is 64.3 Å². The quantitative estimate of drug-likeness (QED) is 0.0495. The molecule has 4 heterocycles. The number of thiocarbonyl (C=S) groups is 1. The second-order valence-corrected chi connectivity index (χ2v) is 16.7. The Kier molecular flexibility index (Phi) is 13.8. The molecule has 0 saturated heterocycles. The molecule has 0 aliphatic carbocycles. The lowest BCUT2D eigenvalue weighted by molar-refractivity contribution is -0.142. The third-order valence-corrected chi connectivity index (χ3v) is 11.8. The third kappa shape index (κ3) is 11.1. The molecule has 0 saturated carbocycles. The summed E-state index contributed by atoms with van der Waals surface area (Å²) in [7, 11) is 0. The highest BCUT2D eigenvalue weighted by Crippen LogP contribution is 2.30. The van der Waals surface area contributed by atoms with Crippen molar-refractivity contribution in [1.82, 2.24) is 30.6 Å². The Labute approximate surface area is 343 Å². The zero-order valence-corrected chi connectivity index (χ0v) is 34.5. The van der Waals surface area contributed by atoms with Gasteiger partial charge in [0.05, 0.1) is 11.5 Å². The van der Waals surface area contributed by atoms with E-state index in [9.17, 15) is 14.7 Å². The van der Waals surface area contributed by atoms with Crippen LogP contribution < -0.4 is 15.4 Å². The van der Waals surface area contributed by atoms with Gasteiger partial charge in [-0.15, -0.1) is 11.3 Å². The van der Waals surface area contributed by atoms with Crippen molar-refractivity contribution in [2.24, 2.45) is 0 Å². The summed E-state index contributed by atoms with van der Waals surface area (Å²) in [5, 5.41) is 17.0. The van der Waals surface area contributed by atoms with Crippen LogP contribution in [0.25, 0.3) is 33.5 Å². The molecule has 4 aromatic heterocycles. The highest BCUT2D eigenvalue weighted by Gasteiger charge is 2.28. The number of hydrogen-bond donors (Lipinski definition) is 4. The lowest BCUT2D eigenvalue weighted by atomic mass is 9.95. The summed E-state index contributed by atoms with van der Waals surface area (Å²) in [6, 6.07) is 21.4. The normalized spacial score (nSPS) is 12.6. The van der Waals surface area contributed by atoms with Gasteiger partial charge in [0.1, 0.15) is 28.5 Å². The van der Waals surface area contributed by atoms with Crippen LogP contribution in [0.15, 0.2) is 97.6 Å². The lowest BCUT2D eigenvalue weighted by Gasteiger charge is -2.23. The third-order valence-electron chi connectivity index (χ3n) is 9.77. The van der Waals surface area contributed by atoms with Crippen molar-refractivity contribution in [2.75, 3.05) is 6.61 Å². The smallest absolute Gasteiger partial charge is 0.326 e. The molecular formula is C45H50N6O4S2. The first-order valence-electron chi connectivity index (χ1n) is 19.5. The van der Waals surface area contributed by atoms with Crippen LogP contribution in [0.1, 0.15) is 80.7 Å². The molecule has 12 heteroatoms. The minimum absolute atomic E-state index is 0.0541. The molecule has 296 valence electrons. The number of fused-ring (bicyclic) bond motifs is 1. The number of nitrogens with zero attached hydrogens (tertiary/aromatic N) is 3. The maximum Gasteiger partial charge on any atom is 0.326 e. The van der Waals surface area contributed by atoms with Crippen molar-refractivity contribution < 1.29 is 19.4 Å². The average molecular weight is 803 g/mol. The van der Waals surface area contributed by atoms with E-state index in [0.717, 1.165) is 56.9 Å². The van der Waals surface area contributed by atoms with E-state index >= 15 is 0 Å². The molecular weight excluding hydrogens is 753 g/mol. The van der Waals surface area contributed by atoms with Crippen LogP contribution in [0.3, 0.4) is 0 Å². The van der Waals surface area contributed by atoms with Gasteiger partial charge in [-0.25, -0.2) is 19.7 Å². The van der Waals surface area contributed by atoms with Crippen LogP contribution in [0.2, 0.25) is 0 Å². The first-order valence-corrected chi connectivity index (χ1v) is 20.7. The molecule has 6 rings (SSSR count). The zero-order chi connectivity index (χ0) is 40.4. The molecule has 2 unspecified atom stereocenters. The number of carboxylic acid groups (broad SMARTS) is 1. The van der Waals surface area contributed by atoms with Crippen molar-refractivity contribution in [1.29, 1.82) is 0 Å². The van der Waals surface area contributed by atoms with Crippen molar-refractivity contribution in [3.05, 3.63) is 118 Å². The topological polar surface area (TPSA) is 142 Å². The lowest BCUT2D eigenvalue weighted by Crippen LogP contribution is -2.52. The van der Waals surface area contributed by atoms with Gasteiger partial charge in [0.2, 0.25) is 5.91 Å². The van der Waals surface area contributed by atoms with Crippen LogP contribution in [0.4, 0.5) is 0 Å². The van der Waals surface area contributed by atoms with E-state index < -0.39 is 24.0 Å². The first-order chi connectivity index (χ1) is 27.5. The average Bonchev–Trinajstić information content (AvgIpc) is 3.88. The summed E-state index contributed by atoms with van der Waals surface area (Å²) in [4.78, 5) is 45.6. The molecule has 57 heavy (non-hydrogen) atoms. The number of carbonyl (C=O) groups is 2. The monoisotopic (exact) mass is 802 g/mol. The Hall–Kier alpha value is -5.46. The number of pyridine rings is 1. The molecule has 2 atom stereocenters. The summed E-state index contributed by atoms with van der Waals surface area (Å²) < 4.78 is 5.92. The van der Waals surface area contributed by atoms with Crippen LogP contribution in [-0.2, 0) is 27.8 Å². The summed E-state index contributed by atoms with van der Waals surface area (Å²) >= 11 is 7.40. The van der Waals surface area contributed by atoms with Gasteiger partial charge in [-0.1, -0.05) is 102 Å². The first kappa shape index (κ1) is 41.2. The van der Waals surface area contributed by atoms with E-state index in [1.165, 1.54) is 30.6 Å². The van der Waals surface area contributed by atoms with Gasteiger partial charge in [0.25, 0.3) is 0 Å². The zero-order valence-electron chi connectivity index (χ0n) is 32.9. The predicted molar refractivity (Wildman–Crippen MR) is 232 cm³/mol. The maximum atomic E-state index is 14.0. The van der Waals surface area contributed by atoms with Crippen LogP contribution in [-0.4, -0.2) is 60.6 Å². The predicted octanol–water partition coefficient (Wildman–Crippen LogP) is 9.08. The number of aromatic amines is 1. The number of carboxylic acids is 1. The Balaban J connectivity index is 1.13. The summed E-state index contributed by atoms with van der Waals surface area (Å²) in [5.41, 5.74) is 4.93. The molecule has 0 aliphatic heterocycles. The number of unbranched alkanes of at least 4 members (excludes halogenated alkanes) is 4. The number of aromatic nitrogens is 4. The molecule has 1 amide bonds. The number of carbonyl (C=O) groups excluding carboxylic acids is 1. The highest BCUT2D eigenvalue weighted by atomic mass is 32.1. The summed E-state index contributed by atoms with van der Waals surface area (Å²) in [6.45, 7) is 9.36. The number of H-pyrrole nitrogens is 1. The van der Waals surface area contributed by atoms with Gasteiger partial charge in [0.15, 0.2) is 5.82 Å². The molecule has 4 N–H and O–H groups in total. The summed E-state index contributed by atoms with van der Waals surface area (Å²) in [6.07, 6.45) is 13.4. The van der Waals surface area contributed by atoms with E-state index in [1.54, 1.807) is 29.8 Å². The second kappa shape index (κ2) is 19.1. The van der Waals surface area contributed by atoms with Gasteiger partial charge in [-0.05, 0) is 64.9 Å². The van der Waals surface area contributed by atoms with Gasteiger partial charge in [0, 0.05) is 59.0 Å². The number of nitrogens with one attached hydrogen (secondary N) is 3. The second-order valence-electron chi connectivity index (χ2n) is 15.2. The maximum absolute atomic E-state index is 14.0. The Morgan fingerprint density at radius 2 is 1.56 bits per heavy atom. The molecule has 0 aliphatic rings. The number of rotatable bonds is 18.